The number of amides is 1. The number of pyridine rings is 1. The van der Waals surface area contributed by atoms with Crippen LogP contribution in [0.2, 0.25) is 10.0 Å². The van der Waals surface area contributed by atoms with E-state index in [1.165, 1.54) is 30.3 Å². The fourth-order valence-corrected chi connectivity index (χ4v) is 6.16. The molecule has 3 aromatic carbocycles. The molecular formula is C29H26Cl2FN3O4S. The Bertz CT molecular complexity index is 1590. The minimum absolute atomic E-state index is 0.0399. The van der Waals surface area contributed by atoms with Gasteiger partial charge in [0.2, 0.25) is 10.0 Å². The number of rotatable bonds is 10. The number of likely N-dealkylation sites (N-methyl/N-ethyl adjacent to an activating group) is 1. The van der Waals surface area contributed by atoms with Crippen molar-refractivity contribution >= 4 is 39.1 Å². The highest BCUT2D eigenvalue weighted by Gasteiger charge is 2.29. The van der Waals surface area contributed by atoms with Gasteiger partial charge in [0.05, 0.1) is 5.02 Å². The summed E-state index contributed by atoms with van der Waals surface area (Å²) in [4.78, 5) is 18.3. The molecule has 1 aromatic heterocycles. The standard InChI is InChI=1S/C29H26Cl2FN3O4S/c1-34(15-13-25-4-2-3-14-33-25)29(37)22-9-5-20(6-10-22)18-35(19-21-7-11-24(32)12-8-21)40(38,39)27-17-23(30)16-26(31)28(27)36/h2-12,14,16-17,36H,13,15,18-19H2,1H3. The Kier molecular flexibility index (Phi) is 9.42. The van der Waals surface area contributed by atoms with Gasteiger partial charge in [-0.15, -0.1) is 0 Å². The first-order valence-electron chi connectivity index (χ1n) is 12.2. The van der Waals surface area contributed by atoms with Crippen molar-refractivity contribution < 1.29 is 22.7 Å². The summed E-state index contributed by atoms with van der Waals surface area (Å²) < 4.78 is 42.0. The molecule has 0 bridgehead atoms. The van der Waals surface area contributed by atoms with Crippen LogP contribution in [0.5, 0.6) is 5.75 Å². The van der Waals surface area contributed by atoms with Gasteiger partial charge in [-0.2, -0.15) is 4.31 Å². The van der Waals surface area contributed by atoms with E-state index in [9.17, 15) is 22.7 Å². The minimum atomic E-state index is -4.32. The summed E-state index contributed by atoms with van der Waals surface area (Å²) in [5, 5.41) is 10.3. The smallest absolute Gasteiger partial charge is 0.253 e. The highest BCUT2D eigenvalue weighted by Crippen LogP contribution is 2.36. The van der Waals surface area contributed by atoms with E-state index in [1.807, 2.05) is 18.2 Å². The predicted molar refractivity (Wildman–Crippen MR) is 152 cm³/mol. The summed E-state index contributed by atoms with van der Waals surface area (Å²) in [5.74, 6) is -1.26. The molecule has 0 saturated heterocycles. The van der Waals surface area contributed by atoms with Crippen molar-refractivity contribution in [2.45, 2.75) is 24.4 Å². The molecule has 1 N–H and O–H groups in total. The van der Waals surface area contributed by atoms with E-state index in [4.69, 9.17) is 23.2 Å². The molecule has 1 amide bonds. The topological polar surface area (TPSA) is 90.8 Å². The number of carbonyl (C=O) groups is 1. The molecule has 0 atom stereocenters. The summed E-state index contributed by atoms with van der Waals surface area (Å²) in [6.45, 7) is 0.253. The zero-order valence-electron chi connectivity index (χ0n) is 21.5. The van der Waals surface area contributed by atoms with E-state index in [2.05, 4.69) is 4.98 Å². The zero-order valence-corrected chi connectivity index (χ0v) is 23.8. The summed E-state index contributed by atoms with van der Waals surface area (Å²) in [6, 6.07) is 20.0. The number of benzene rings is 3. The van der Waals surface area contributed by atoms with E-state index < -0.39 is 26.5 Å². The first-order chi connectivity index (χ1) is 19.0. The molecule has 1 heterocycles. The molecule has 0 saturated carbocycles. The SMILES string of the molecule is CN(CCc1ccccn1)C(=O)c1ccc(CN(Cc2ccc(F)cc2)S(=O)(=O)c2cc(Cl)cc(Cl)c2O)cc1. The number of aromatic hydroxyl groups is 1. The normalized spacial score (nSPS) is 11.5. The van der Waals surface area contributed by atoms with Gasteiger partial charge in [-0.25, -0.2) is 12.8 Å². The van der Waals surface area contributed by atoms with Gasteiger partial charge in [-0.05, 0) is 59.7 Å². The molecule has 4 aromatic rings. The average molecular weight is 603 g/mol. The van der Waals surface area contributed by atoms with Crippen molar-refractivity contribution in [2.24, 2.45) is 0 Å². The monoisotopic (exact) mass is 601 g/mol. The zero-order chi connectivity index (χ0) is 28.9. The van der Waals surface area contributed by atoms with Crippen LogP contribution < -0.4 is 0 Å². The van der Waals surface area contributed by atoms with Crippen molar-refractivity contribution in [3.05, 3.63) is 123 Å². The second-order valence-corrected chi connectivity index (χ2v) is 11.9. The third-order valence-corrected chi connectivity index (χ3v) is 8.53. The summed E-state index contributed by atoms with van der Waals surface area (Å²) in [7, 11) is -2.61. The maximum absolute atomic E-state index is 13.7. The Labute approximate surface area is 242 Å². The highest BCUT2D eigenvalue weighted by atomic mass is 35.5. The number of sulfonamides is 1. The maximum Gasteiger partial charge on any atom is 0.253 e. The summed E-state index contributed by atoms with van der Waals surface area (Å²) >= 11 is 12.0. The van der Waals surface area contributed by atoms with E-state index in [0.29, 0.717) is 29.7 Å². The molecular weight excluding hydrogens is 576 g/mol. The molecule has 0 spiro atoms. The van der Waals surface area contributed by atoms with Crippen LogP contribution in [0.1, 0.15) is 27.2 Å². The number of hydrogen-bond donors (Lipinski definition) is 1. The van der Waals surface area contributed by atoms with Crippen LogP contribution in [-0.2, 0) is 29.5 Å². The van der Waals surface area contributed by atoms with Crippen LogP contribution in [0, 0.1) is 5.82 Å². The van der Waals surface area contributed by atoms with Crippen LogP contribution in [-0.4, -0.2) is 47.2 Å². The molecule has 0 radical (unpaired) electrons. The van der Waals surface area contributed by atoms with Crippen molar-refractivity contribution in [2.75, 3.05) is 13.6 Å². The first-order valence-corrected chi connectivity index (χ1v) is 14.4. The van der Waals surface area contributed by atoms with Gasteiger partial charge in [-0.3, -0.25) is 9.78 Å². The fourth-order valence-electron chi connectivity index (χ4n) is 4.00. The third kappa shape index (κ3) is 7.17. The largest absolute Gasteiger partial charge is 0.505 e. The van der Waals surface area contributed by atoms with E-state index in [0.717, 1.165) is 16.1 Å². The lowest BCUT2D eigenvalue weighted by molar-refractivity contribution is 0.0796. The van der Waals surface area contributed by atoms with Gasteiger partial charge >= 0.3 is 0 Å². The number of hydrogen-bond acceptors (Lipinski definition) is 5. The van der Waals surface area contributed by atoms with Crippen molar-refractivity contribution in [3.63, 3.8) is 0 Å². The van der Waals surface area contributed by atoms with Crippen LogP contribution >= 0.6 is 23.2 Å². The summed E-state index contributed by atoms with van der Waals surface area (Å²) in [6.07, 6.45) is 2.32. The lowest BCUT2D eigenvalue weighted by Crippen LogP contribution is -2.31. The van der Waals surface area contributed by atoms with Crippen LogP contribution in [0.3, 0.4) is 0 Å². The van der Waals surface area contributed by atoms with Gasteiger partial charge in [0.25, 0.3) is 5.91 Å². The Morgan fingerprint density at radius 3 is 2.17 bits per heavy atom. The molecule has 4 rings (SSSR count). The Morgan fingerprint density at radius 2 is 1.57 bits per heavy atom. The Hall–Kier alpha value is -3.50. The Balaban J connectivity index is 1.56. The first kappa shape index (κ1) is 29.5. The quantitative estimate of drug-likeness (QED) is 0.243. The van der Waals surface area contributed by atoms with Crippen molar-refractivity contribution in [1.29, 1.82) is 0 Å². The van der Waals surface area contributed by atoms with E-state index >= 15 is 0 Å². The second-order valence-electron chi connectivity index (χ2n) is 9.13. The molecule has 11 heteroatoms. The van der Waals surface area contributed by atoms with Gasteiger partial charge in [-0.1, -0.05) is 53.5 Å². The molecule has 0 aliphatic rings. The lowest BCUT2D eigenvalue weighted by atomic mass is 10.1. The average Bonchev–Trinajstić information content (AvgIpc) is 2.95. The number of phenolic OH excluding ortho intramolecular Hbond substituents is 1. The molecule has 0 aliphatic carbocycles. The molecule has 0 aliphatic heterocycles. The lowest BCUT2D eigenvalue weighted by Gasteiger charge is -2.24. The number of halogens is 3. The second kappa shape index (κ2) is 12.8. The molecule has 0 fully saturated rings. The van der Waals surface area contributed by atoms with Gasteiger partial charge in [0, 0.05) is 55.6 Å². The van der Waals surface area contributed by atoms with Crippen molar-refractivity contribution in [1.82, 2.24) is 14.2 Å². The van der Waals surface area contributed by atoms with Crippen LogP contribution in [0.15, 0.2) is 90.0 Å². The Morgan fingerprint density at radius 1 is 0.950 bits per heavy atom. The number of aromatic nitrogens is 1. The predicted octanol–water partition coefficient (Wildman–Crippen LogP) is 5.94. The molecule has 0 unspecified atom stereocenters. The van der Waals surface area contributed by atoms with Gasteiger partial charge in [0.1, 0.15) is 10.7 Å². The molecule has 208 valence electrons. The van der Waals surface area contributed by atoms with Crippen molar-refractivity contribution in [3.8, 4) is 5.75 Å². The third-order valence-electron chi connectivity index (χ3n) is 6.22. The van der Waals surface area contributed by atoms with E-state index in [1.54, 1.807) is 42.4 Å². The highest BCUT2D eigenvalue weighted by molar-refractivity contribution is 7.89. The number of phenols is 1. The van der Waals surface area contributed by atoms with E-state index in [-0.39, 0.29) is 29.0 Å². The molecule has 7 nitrogen and oxygen atoms in total. The fraction of sp³-hybridized carbons (Fsp3) is 0.172. The van der Waals surface area contributed by atoms with Gasteiger partial charge < -0.3 is 10.0 Å². The number of nitrogens with zero attached hydrogens (tertiary/aromatic N) is 3. The van der Waals surface area contributed by atoms with Crippen LogP contribution in [0.25, 0.3) is 0 Å². The molecule has 40 heavy (non-hydrogen) atoms. The maximum atomic E-state index is 13.7. The number of carbonyl (C=O) groups excluding carboxylic acids is 1. The van der Waals surface area contributed by atoms with Gasteiger partial charge in [0.15, 0.2) is 5.75 Å². The summed E-state index contributed by atoms with van der Waals surface area (Å²) in [5.41, 5.74) is 2.44. The van der Waals surface area contributed by atoms with Crippen LogP contribution in [0.4, 0.5) is 4.39 Å². The minimum Gasteiger partial charge on any atom is -0.505 e.